The van der Waals surface area contributed by atoms with E-state index in [0.717, 1.165) is 52.1 Å². The van der Waals surface area contributed by atoms with Crippen LogP contribution in [0, 0.1) is 0 Å². The van der Waals surface area contributed by atoms with Crippen molar-refractivity contribution in [2.75, 3.05) is 45.9 Å². The van der Waals surface area contributed by atoms with E-state index < -0.39 is 0 Å². The second-order valence-corrected chi connectivity index (χ2v) is 4.62. The summed E-state index contributed by atoms with van der Waals surface area (Å²) in [7, 11) is 0. The van der Waals surface area contributed by atoms with Crippen LogP contribution < -0.4 is 5.73 Å². The number of nitrogens with zero attached hydrogens (tertiary/aromatic N) is 2. The predicted octanol–water partition coefficient (Wildman–Crippen LogP) is 0.114. The van der Waals surface area contributed by atoms with Crippen LogP contribution in [0.1, 0.15) is 26.2 Å². The summed E-state index contributed by atoms with van der Waals surface area (Å²) in [6.07, 6.45) is 3.21. The van der Waals surface area contributed by atoms with Crippen molar-refractivity contribution in [2.24, 2.45) is 5.73 Å². The molecule has 1 saturated heterocycles. The maximum absolute atomic E-state index is 8.84. The monoisotopic (exact) mass is 229 g/mol. The molecule has 0 bridgehead atoms. The summed E-state index contributed by atoms with van der Waals surface area (Å²) >= 11 is 0. The summed E-state index contributed by atoms with van der Waals surface area (Å²) in [5.74, 6) is 0. The second kappa shape index (κ2) is 8.01. The Morgan fingerprint density at radius 2 is 2.06 bits per heavy atom. The van der Waals surface area contributed by atoms with Gasteiger partial charge in [-0.3, -0.25) is 4.90 Å². The third kappa shape index (κ3) is 4.37. The van der Waals surface area contributed by atoms with Crippen molar-refractivity contribution in [1.82, 2.24) is 9.80 Å². The van der Waals surface area contributed by atoms with Crippen molar-refractivity contribution < 1.29 is 5.11 Å². The molecular formula is C12H27N3O. The van der Waals surface area contributed by atoms with Gasteiger partial charge in [-0.05, 0) is 32.4 Å². The number of piperazine rings is 1. The normalized spacial score (nSPS) is 23.8. The van der Waals surface area contributed by atoms with Gasteiger partial charge in [-0.25, -0.2) is 0 Å². The van der Waals surface area contributed by atoms with E-state index in [0.29, 0.717) is 12.6 Å². The lowest BCUT2D eigenvalue weighted by Gasteiger charge is -2.41. The highest BCUT2D eigenvalue weighted by molar-refractivity contribution is 4.81. The minimum atomic E-state index is 0.310. The molecule has 1 atom stereocenters. The van der Waals surface area contributed by atoms with Crippen LogP contribution in [0.25, 0.3) is 0 Å². The van der Waals surface area contributed by atoms with Crippen LogP contribution >= 0.6 is 0 Å². The minimum Gasteiger partial charge on any atom is -0.396 e. The van der Waals surface area contributed by atoms with Gasteiger partial charge >= 0.3 is 0 Å². The summed E-state index contributed by atoms with van der Waals surface area (Å²) < 4.78 is 0. The molecule has 1 heterocycles. The van der Waals surface area contributed by atoms with Crippen LogP contribution in [0.2, 0.25) is 0 Å². The zero-order chi connectivity index (χ0) is 11.8. The zero-order valence-corrected chi connectivity index (χ0v) is 10.6. The molecule has 0 saturated carbocycles. The van der Waals surface area contributed by atoms with Gasteiger partial charge in [0.15, 0.2) is 0 Å². The molecule has 0 aromatic carbocycles. The third-order valence-electron chi connectivity index (χ3n) is 3.44. The first-order valence-corrected chi connectivity index (χ1v) is 6.59. The van der Waals surface area contributed by atoms with Crippen molar-refractivity contribution in [2.45, 2.75) is 32.2 Å². The molecule has 0 spiro atoms. The van der Waals surface area contributed by atoms with Gasteiger partial charge in [0.2, 0.25) is 0 Å². The lowest BCUT2D eigenvalue weighted by molar-refractivity contribution is 0.0678. The summed E-state index contributed by atoms with van der Waals surface area (Å²) in [5, 5.41) is 8.84. The Bertz CT molecular complexity index is 178. The Balaban J connectivity index is 2.31. The van der Waals surface area contributed by atoms with Gasteiger partial charge < -0.3 is 15.7 Å². The summed E-state index contributed by atoms with van der Waals surface area (Å²) in [5.41, 5.74) is 5.56. The standard InChI is InChI=1S/C12H27N3O/c1-2-12-11-14(6-4-10-16)8-9-15(12)7-3-5-13/h12,16H,2-11,13H2,1H3. The van der Waals surface area contributed by atoms with E-state index >= 15 is 0 Å². The number of aliphatic hydroxyl groups is 1. The average Bonchev–Trinajstić information content (AvgIpc) is 2.34. The van der Waals surface area contributed by atoms with Gasteiger partial charge in [0.1, 0.15) is 0 Å². The molecule has 16 heavy (non-hydrogen) atoms. The molecule has 0 radical (unpaired) electrons. The van der Waals surface area contributed by atoms with Crippen molar-refractivity contribution >= 4 is 0 Å². The van der Waals surface area contributed by atoms with Crippen LogP contribution in [0.15, 0.2) is 0 Å². The first-order valence-electron chi connectivity index (χ1n) is 6.59. The van der Waals surface area contributed by atoms with E-state index in [1.807, 2.05) is 0 Å². The van der Waals surface area contributed by atoms with Gasteiger partial charge in [0, 0.05) is 38.8 Å². The van der Waals surface area contributed by atoms with E-state index in [9.17, 15) is 0 Å². The Labute approximate surface area is 99.4 Å². The second-order valence-electron chi connectivity index (χ2n) is 4.62. The molecule has 0 aliphatic carbocycles. The summed E-state index contributed by atoms with van der Waals surface area (Å²) in [6, 6.07) is 0.680. The van der Waals surface area contributed by atoms with E-state index in [-0.39, 0.29) is 0 Å². The highest BCUT2D eigenvalue weighted by Gasteiger charge is 2.24. The van der Waals surface area contributed by atoms with Gasteiger partial charge in [0.05, 0.1) is 0 Å². The fourth-order valence-corrected chi connectivity index (χ4v) is 2.43. The number of rotatable bonds is 7. The first kappa shape index (κ1) is 13.9. The van der Waals surface area contributed by atoms with Crippen molar-refractivity contribution in [3.05, 3.63) is 0 Å². The van der Waals surface area contributed by atoms with E-state index in [4.69, 9.17) is 10.8 Å². The Morgan fingerprint density at radius 3 is 2.69 bits per heavy atom. The first-order chi connectivity index (χ1) is 7.81. The molecule has 0 amide bonds. The van der Waals surface area contributed by atoms with Crippen LogP contribution in [-0.4, -0.2) is 66.8 Å². The summed E-state index contributed by atoms with van der Waals surface area (Å²) in [4.78, 5) is 5.05. The average molecular weight is 229 g/mol. The Kier molecular flexibility index (Phi) is 6.96. The van der Waals surface area contributed by atoms with Crippen LogP contribution in [0.5, 0.6) is 0 Å². The quantitative estimate of drug-likeness (QED) is 0.651. The number of hydrogen-bond donors (Lipinski definition) is 2. The predicted molar refractivity (Wildman–Crippen MR) is 67.5 cm³/mol. The molecule has 1 unspecified atom stereocenters. The van der Waals surface area contributed by atoms with Gasteiger partial charge in [-0.15, -0.1) is 0 Å². The molecule has 1 aliphatic rings. The molecule has 1 rings (SSSR count). The highest BCUT2D eigenvalue weighted by atomic mass is 16.3. The molecule has 1 fully saturated rings. The van der Waals surface area contributed by atoms with E-state index in [1.54, 1.807) is 0 Å². The zero-order valence-electron chi connectivity index (χ0n) is 10.6. The van der Waals surface area contributed by atoms with Crippen LogP contribution in [0.4, 0.5) is 0 Å². The minimum absolute atomic E-state index is 0.310. The smallest absolute Gasteiger partial charge is 0.0443 e. The van der Waals surface area contributed by atoms with Crippen molar-refractivity contribution in [1.29, 1.82) is 0 Å². The van der Waals surface area contributed by atoms with Crippen LogP contribution in [0.3, 0.4) is 0 Å². The van der Waals surface area contributed by atoms with E-state index in [1.165, 1.54) is 6.42 Å². The van der Waals surface area contributed by atoms with Gasteiger partial charge in [0.25, 0.3) is 0 Å². The third-order valence-corrected chi connectivity index (χ3v) is 3.44. The van der Waals surface area contributed by atoms with Gasteiger partial charge in [-0.2, -0.15) is 0 Å². The van der Waals surface area contributed by atoms with Crippen molar-refractivity contribution in [3.8, 4) is 0 Å². The van der Waals surface area contributed by atoms with Gasteiger partial charge in [-0.1, -0.05) is 6.92 Å². The number of nitrogens with two attached hydrogens (primary N) is 1. The van der Waals surface area contributed by atoms with Crippen molar-refractivity contribution in [3.63, 3.8) is 0 Å². The fraction of sp³-hybridized carbons (Fsp3) is 1.00. The highest BCUT2D eigenvalue weighted by Crippen LogP contribution is 2.13. The molecule has 0 aromatic heterocycles. The number of hydrogen-bond acceptors (Lipinski definition) is 4. The summed E-state index contributed by atoms with van der Waals surface area (Å²) in [6.45, 7) is 8.99. The lowest BCUT2D eigenvalue weighted by Crippen LogP contribution is -2.53. The molecule has 3 N–H and O–H groups in total. The molecular weight excluding hydrogens is 202 g/mol. The maximum Gasteiger partial charge on any atom is 0.0443 e. The molecule has 1 aliphatic heterocycles. The Morgan fingerprint density at radius 1 is 1.25 bits per heavy atom. The molecule has 0 aromatic rings. The fourth-order valence-electron chi connectivity index (χ4n) is 2.43. The van der Waals surface area contributed by atoms with E-state index in [2.05, 4.69) is 16.7 Å². The number of aliphatic hydroxyl groups excluding tert-OH is 1. The maximum atomic E-state index is 8.84. The Hall–Kier alpha value is -0.160. The lowest BCUT2D eigenvalue weighted by atomic mass is 10.1. The molecule has 4 heteroatoms. The largest absolute Gasteiger partial charge is 0.396 e. The van der Waals surface area contributed by atoms with Crippen LogP contribution in [-0.2, 0) is 0 Å². The molecule has 96 valence electrons. The SMILES string of the molecule is CCC1CN(CCCO)CCN1CCCN. The topological polar surface area (TPSA) is 52.7 Å². The molecule has 4 nitrogen and oxygen atoms in total.